The summed E-state index contributed by atoms with van der Waals surface area (Å²) in [7, 11) is 0. The van der Waals surface area contributed by atoms with Crippen LogP contribution < -0.4 is 11.1 Å². The number of thioether (sulfide) groups is 1. The second-order valence-electron chi connectivity index (χ2n) is 5.45. The van der Waals surface area contributed by atoms with Crippen LogP contribution in [-0.2, 0) is 4.79 Å². The van der Waals surface area contributed by atoms with Crippen molar-refractivity contribution in [3.63, 3.8) is 0 Å². The molecule has 1 aliphatic carbocycles. The Labute approximate surface area is 109 Å². The van der Waals surface area contributed by atoms with E-state index in [9.17, 15) is 4.79 Å². The maximum Gasteiger partial charge on any atom is 0.240 e. The predicted molar refractivity (Wildman–Crippen MR) is 75.2 cm³/mol. The van der Waals surface area contributed by atoms with Crippen molar-refractivity contribution in [1.29, 1.82) is 0 Å². The Bertz CT molecular complexity index is 260. The third-order valence-corrected chi connectivity index (χ3v) is 4.76. The molecule has 0 radical (unpaired) electrons. The predicted octanol–water partition coefficient (Wildman–Crippen LogP) is 2.15. The maximum absolute atomic E-state index is 12.1. The highest BCUT2D eigenvalue weighted by Crippen LogP contribution is 2.30. The molecule has 1 rings (SSSR count). The second kappa shape index (κ2) is 6.64. The van der Waals surface area contributed by atoms with Gasteiger partial charge in [0.1, 0.15) is 0 Å². The molecule has 4 heteroatoms. The lowest BCUT2D eigenvalue weighted by atomic mass is 9.76. The summed E-state index contributed by atoms with van der Waals surface area (Å²) >= 11 is 1.83. The number of rotatable bonds is 5. The molecule has 3 N–H and O–H groups in total. The number of amides is 1. The normalized spacial score (nSPS) is 30.9. The Morgan fingerprint density at radius 3 is 2.94 bits per heavy atom. The highest BCUT2D eigenvalue weighted by atomic mass is 32.2. The van der Waals surface area contributed by atoms with Gasteiger partial charge < -0.3 is 11.1 Å². The van der Waals surface area contributed by atoms with Gasteiger partial charge in [0.05, 0.1) is 5.54 Å². The Morgan fingerprint density at radius 2 is 2.35 bits per heavy atom. The van der Waals surface area contributed by atoms with Gasteiger partial charge in [-0.15, -0.1) is 0 Å². The summed E-state index contributed by atoms with van der Waals surface area (Å²) in [6.07, 6.45) is 7.05. The molecule has 0 bridgehead atoms. The van der Waals surface area contributed by atoms with Gasteiger partial charge in [0.25, 0.3) is 0 Å². The quantitative estimate of drug-likeness (QED) is 0.794. The van der Waals surface area contributed by atoms with Crippen LogP contribution in [0.5, 0.6) is 0 Å². The summed E-state index contributed by atoms with van der Waals surface area (Å²) in [5, 5.41) is 3.59. The van der Waals surface area contributed by atoms with Crippen LogP contribution in [-0.4, -0.2) is 29.5 Å². The molecule has 100 valence electrons. The smallest absolute Gasteiger partial charge is 0.240 e. The van der Waals surface area contributed by atoms with E-state index in [0.29, 0.717) is 11.2 Å². The first-order valence-electron chi connectivity index (χ1n) is 6.58. The van der Waals surface area contributed by atoms with Crippen LogP contribution in [0.25, 0.3) is 0 Å². The summed E-state index contributed by atoms with van der Waals surface area (Å²) in [4.78, 5) is 12.1. The van der Waals surface area contributed by atoms with Crippen LogP contribution in [0.3, 0.4) is 0 Å². The van der Waals surface area contributed by atoms with Crippen LogP contribution >= 0.6 is 11.8 Å². The van der Waals surface area contributed by atoms with Crippen LogP contribution in [0.15, 0.2) is 0 Å². The first-order chi connectivity index (χ1) is 7.98. The van der Waals surface area contributed by atoms with E-state index in [-0.39, 0.29) is 5.91 Å². The van der Waals surface area contributed by atoms with Crippen molar-refractivity contribution in [3.05, 3.63) is 0 Å². The van der Waals surface area contributed by atoms with Gasteiger partial charge in [0.15, 0.2) is 0 Å². The molecule has 0 saturated heterocycles. The minimum Gasteiger partial charge on any atom is -0.354 e. The lowest BCUT2D eigenvalue weighted by Crippen LogP contribution is -2.56. The number of hydrogen-bond donors (Lipinski definition) is 2. The molecule has 1 aliphatic rings. The Balaban J connectivity index is 2.35. The van der Waals surface area contributed by atoms with Crippen LogP contribution in [0.4, 0.5) is 0 Å². The fourth-order valence-electron chi connectivity index (χ4n) is 2.48. The Kier molecular flexibility index (Phi) is 5.80. The molecule has 0 aromatic carbocycles. The fourth-order valence-corrected chi connectivity index (χ4v) is 2.83. The van der Waals surface area contributed by atoms with E-state index in [1.807, 2.05) is 11.8 Å². The monoisotopic (exact) mass is 258 g/mol. The van der Waals surface area contributed by atoms with Crippen LogP contribution in [0.2, 0.25) is 0 Å². The van der Waals surface area contributed by atoms with Crippen molar-refractivity contribution in [1.82, 2.24) is 5.32 Å². The number of hydrogen-bond acceptors (Lipinski definition) is 3. The summed E-state index contributed by atoms with van der Waals surface area (Å²) in [5.41, 5.74) is 5.61. The largest absolute Gasteiger partial charge is 0.354 e. The third kappa shape index (κ3) is 4.51. The Hall–Kier alpha value is -0.220. The fraction of sp³-hybridized carbons (Fsp3) is 0.923. The zero-order valence-electron chi connectivity index (χ0n) is 11.3. The van der Waals surface area contributed by atoms with E-state index < -0.39 is 5.54 Å². The average Bonchev–Trinajstić information content (AvgIpc) is 2.28. The van der Waals surface area contributed by atoms with Crippen molar-refractivity contribution < 1.29 is 4.79 Å². The molecule has 0 heterocycles. The van der Waals surface area contributed by atoms with Crippen molar-refractivity contribution >= 4 is 17.7 Å². The molecule has 3 nitrogen and oxygen atoms in total. The van der Waals surface area contributed by atoms with Crippen LogP contribution in [0, 0.1) is 5.92 Å². The van der Waals surface area contributed by atoms with Crippen molar-refractivity contribution in [2.24, 2.45) is 11.7 Å². The van der Waals surface area contributed by atoms with E-state index >= 15 is 0 Å². The van der Waals surface area contributed by atoms with E-state index in [4.69, 9.17) is 5.73 Å². The van der Waals surface area contributed by atoms with Crippen molar-refractivity contribution in [2.75, 3.05) is 12.8 Å². The number of nitrogens with one attached hydrogen (secondary N) is 1. The highest BCUT2D eigenvalue weighted by molar-refractivity contribution is 7.99. The zero-order valence-corrected chi connectivity index (χ0v) is 12.1. The first-order valence-corrected chi connectivity index (χ1v) is 7.86. The molecule has 0 spiro atoms. The van der Waals surface area contributed by atoms with Gasteiger partial charge in [-0.05, 0) is 31.4 Å². The molecule has 1 saturated carbocycles. The summed E-state index contributed by atoms with van der Waals surface area (Å²) < 4.78 is 0. The van der Waals surface area contributed by atoms with E-state index in [0.717, 1.165) is 32.2 Å². The molecule has 1 amide bonds. The minimum absolute atomic E-state index is 0.0531. The van der Waals surface area contributed by atoms with E-state index in [2.05, 4.69) is 25.4 Å². The topological polar surface area (TPSA) is 55.1 Å². The summed E-state index contributed by atoms with van der Waals surface area (Å²) in [5.74, 6) is 0.627. The van der Waals surface area contributed by atoms with Gasteiger partial charge in [-0.25, -0.2) is 0 Å². The molecule has 17 heavy (non-hydrogen) atoms. The molecule has 0 aromatic heterocycles. The van der Waals surface area contributed by atoms with Gasteiger partial charge in [0.2, 0.25) is 5.91 Å². The lowest BCUT2D eigenvalue weighted by Gasteiger charge is -2.35. The summed E-state index contributed by atoms with van der Waals surface area (Å²) in [6, 6.07) is 0. The standard InChI is InChI=1S/C13H26N2OS/c1-10-5-4-7-13(14,9-10)12(16)15-8-6-11(2)17-3/h10-11H,4-9,14H2,1-3H3,(H,15,16). The highest BCUT2D eigenvalue weighted by Gasteiger charge is 2.37. The number of carbonyl (C=O) groups excluding carboxylic acids is 1. The van der Waals surface area contributed by atoms with E-state index in [1.54, 1.807) is 0 Å². The van der Waals surface area contributed by atoms with Gasteiger partial charge in [-0.1, -0.05) is 26.7 Å². The second-order valence-corrected chi connectivity index (χ2v) is 6.72. The molecule has 3 atom stereocenters. The molecule has 0 aliphatic heterocycles. The SMILES string of the molecule is CSC(C)CCNC(=O)C1(N)CCCC(C)C1. The van der Waals surface area contributed by atoms with Gasteiger partial charge in [0, 0.05) is 11.8 Å². The van der Waals surface area contributed by atoms with Crippen molar-refractivity contribution in [2.45, 2.75) is 56.7 Å². The molecular formula is C13H26N2OS. The average molecular weight is 258 g/mol. The number of nitrogens with two attached hydrogens (primary N) is 1. The van der Waals surface area contributed by atoms with Gasteiger partial charge in [-0.2, -0.15) is 11.8 Å². The third-order valence-electron chi connectivity index (χ3n) is 3.72. The van der Waals surface area contributed by atoms with Gasteiger partial charge >= 0.3 is 0 Å². The molecule has 3 unspecified atom stereocenters. The number of carbonyl (C=O) groups is 1. The molecular weight excluding hydrogens is 232 g/mol. The maximum atomic E-state index is 12.1. The van der Waals surface area contributed by atoms with E-state index in [1.165, 1.54) is 6.42 Å². The summed E-state index contributed by atoms with van der Waals surface area (Å²) in [6.45, 7) is 5.11. The zero-order chi connectivity index (χ0) is 12.9. The van der Waals surface area contributed by atoms with Crippen LogP contribution in [0.1, 0.15) is 46.0 Å². The Morgan fingerprint density at radius 1 is 1.65 bits per heavy atom. The minimum atomic E-state index is -0.611. The molecule has 1 fully saturated rings. The molecule has 0 aromatic rings. The van der Waals surface area contributed by atoms with Gasteiger partial charge in [-0.3, -0.25) is 4.79 Å². The van der Waals surface area contributed by atoms with Crippen molar-refractivity contribution in [3.8, 4) is 0 Å². The first kappa shape index (κ1) is 14.8. The lowest BCUT2D eigenvalue weighted by molar-refractivity contribution is -0.128.